The Hall–Kier alpha value is -0.860. The molecule has 1 fully saturated rings. The Morgan fingerprint density at radius 1 is 0.955 bits per heavy atom. The van der Waals surface area contributed by atoms with Crippen LogP contribution in [0.1, 0.15) is 63.0 Å². The van der Waals surface area contributed by atoms with Gasteiger partial charge in [-0.2, -0.15) is 0 Å². The van der Waals surface area contributed by atoms with E-state index in [0.717, 1.165) is 32.5 Å². The average Bonchev–Trinajstić information content (AvgIpc) is 2.95. The van der Waals surface area contributed by atoms with Crippen molar-refractivity contribution in [3.8, 4) is 0 Å². The highest BCUT2D eigenvalue weighted by Gasteiger charge is 2.19. The molecule has 2 rings (SSSR count). The Labute approximate surface area is 136 Å². The molecule has 1 aliphatic rings. The van der Waals surface area contributed by atoms with Gasteiger partial charge < -0.3 is 10.0 Å². The van der Waals surface area contributed by atoms with Gasteiger partial charge in [-0.15, -0.1) is 0 Å². The lowest BCUT2D eigenvalue weighted by Crippen LogP contribution is -2.24. The second-order valence-electron chi connectivity index (χ2n) is 6.83. The number of unbranched alkanes of at least 4 members (excludes halogenated alkanes) is 5. The molecule has 0 aliphatic carbocycles. The monoisotopic (exact) mass is 303 g/mol. The maximum absolute atomic E-state index is 9.54. The lowest BCUT2D eigenvalue weighted by Gasteiger charge is -2.14. The molecule has 0 saturated carbocycles. The molecular formula is C20H33NO. The number of hydrogen-bond acceptors (Lipinski definition) is 2. The third-order valence-corrected chi connectivity index (χ3v) is 4.81. The molecule has 0 bridgehead atoms. The normalized spacial score (nSPS) is 18.9. The minimum atomic E-state index is -0.0975. The van der Waals surface area contributed by atoms with Gasteiger partial charge in [0, 0.05) is 19.6 Å². The van der Waals surface area contributed by atoms with Gasteiger partial charge in [-0.1, -0.05) is 63.3 Å². The van der Waals surface area contributed by atoms with Gasteiger partial charge in [-0.05, 0) is 36.8 Å². The van der Waals surface area contributed by atoms with E-state index < -0.39 is 0 Å². The van der Waals surface area contributed by atoms with Crippen LogP contribution in [0.2, 0.25) is 0 Å². The van der Waals surface area contributed by atoms with Crippen molar-refractivity contribution in [3.63, 3.8) is 0 Å². The van der Waals surface area contributed by atoms with Gasteiger partial charge in [-0.3, -0.25) is 0 Å². The van der Waals surface area contributed by atoms with E-state index in [1.165, 1.54) is 56.1 Å². The van der Waals surface area contributed by atoms with Crippen LogP contribution >= 0.6 is 0 Å². The number of aliphatic hydroxyl groups excluding tert-OH is 1. The molecule has 1 saturated heterocycles. The van der Waals surface area contributed by atoms with E-state index in [9.17, 15) is 5.11 Å². The predicted octanol–water partition coefficient (Wildman–Crippen LogP) is 4.20. The van der Waals surface area contributed by atoms with Crippen molar-refractivity contribution in [2.75, 3.05) is 19.6 Å². The summed E-state index contributed by atoms with van der Waals surface area (Å²) in [6.07, 6.45) is 11.4. The number of likely N-dealkylation sites (tertiary alicyclic amines) is 1. The van der Waals surface area contributed by atoms with Crippen LogP contribution in [0.3, 0.4) is 0 Å². The molecule has 0 spiro atoms. The minimum Gasteiger partial charge on any atom is -0.392 e. The zero-order valence-corrected chi connectivity index (χ0v) is 14.3. The van der Waals surface area contributed by atoms with Crippen molar-refractivity contribution in [1.29, 1.82) is 0 Å². The fraction of sp³-hybridized carbons (Fsp3) is 0.700. The maximum atomic E-state index is 9.54. The standard InChI is InChI=1S/C20H33NO/c1-2-3-4-5-6-7-8-18-9-11-19(12-10-18)13-15-21-16-14-20(22)17-21/h9-12,20,22H,2-8,13-17H2,1H3/t20-/m0/s1. The molecule has 1 atom stereocenters. The van der Waals surface area contributed by atoms with Crippen LogP contribution in [0.25, 0.3) is 0 Å². The lowest BCUT2D eigenvalue weighted by molar-refractivity contribution is 0.177. The molecule has 1 aromatic carbocycles. The fourth-order valence-electron chi connectivity index (χ4n) is 3.28. The van der Waals surface area contributed by atoms with Crippen LogP contribution in [-0.2, 0) is 12.8 Å². The summed E-state index contributed by atoms with van der Waals surface area (Å²) in [7, 11) is 0. The van der Waals surface area contributed by atoms with E-state index in [1.807, 2.05) is 0 Å². The maximum Gasteiger partial charge on any atom is 0.0679 e. The SMILES string of the molecule is CCCCCCCCc1ccc(CCN2CC[C@H](O)C2)cc1. The van der Waals surface area contributed by atoms with Gasteiger partial charge >= 0.3 is 0 Å². The molecule has 1 aromatic rings. The molecule has 2 heteroatoms. The minimum absolute atomic E-state index is 0.0975. The first-order valence-corrected chi connectivity index (χ1v) is 9.26. The van der Waals surface area contributed by atoms with Gasteiger partial charge in [0.25, 0.3) is 0 Å². The third kappa shape index (κ3) is 6.50. The summed E-state index contributed by atoms with van der Waals surface area (Å²) in [5, 5.41) is 9.54. The van der Waals surface area contributed by atoms with E-state index >= 15 is 0 Å². The second kappa shape index (κ2) is 10.0. The largest absolute Gasteiger partial charge is 0.392 e. The van der Waals surface area contributed by atoms with E-state index in [1.54, 1.807) is 0 Å². The van der Waals surface area contributed by atoms with Crippen LogP contribution < -0.4 is 0 Å². The Bertz CT molecular complexity index is 401. The van der Waals surface area contributed by atoms with Gasteiger partial charge in [0.1, 0.15) is 0 Å². The molecule has 0 unspecified atom stereocenters. The average molecular weight is 303 g/mol. The van der Waals surface area contributed by atoms with Crippen LogP contribution in [0, 0.1) is 0 Å². The Balaban J connectivity index is 1.60. The van der Waals surface area contributed by atoms with Crippen molar-refractivity contribution >= 4 is 0 Å². The molecule has 22 heavy (non-hydrogen) atoms. The summed E-state index contributed by atoms with van der Waals surface area (Å²) in [6, 6.07) is 9.19. The van der Waals surface area contributed by atoms with Gasteiger partial charge in [0.05, 0.1) is 6.10 Å². The molecule has 2 nitrogen and oxygen atoms in total. The fourth-order valence-corrected chi connectivity index (χ4v) is 3.28. The highest BCUT2D eigenvalue weighted by Crippen LogP contribution is 2.13. The molecule has 1 aliphatic heterocycles. The van der Waals surface area contributed by atoms with Crippen molar-refractivity contribution in [3.05, 3.63) is 35.4 Å². The lowest BCUT2D eigenvalue weighted by atomic mass is 10.0. The summed E-state index contributed by atoms with van der Waals surface area (Å²) in [5.41, 5.74) is 2.91. The third-order valence-electron chi connectivity index (χ3n) is 4.81. The van der Waals surface area contributed by atoms with Gasteiger partial charge in [0.2, 0.25) is 0 Å². The molecule has 0 amide bonds. The van der Waals surface area contributed by atoms with Gasteiger partial charge in [-0.25, -0.2) is 0 Å². The summed E-state index contributed by atoms with van der Waals surface area (Å²) in [4.78, 5) is 2.37. The van der Waals surface area contributed by atoms with Crippen molar-refractivity contribution in [2.45, 2.75) is 70.8 Å². The van der Waals surface area contributed by atoms with E-state index in [-0.39, 0.29) is 6.10 Å². The van der Waals surface area contributed by atoms with Crippen molar-refractivity contribution < 1.29 is 5.11 Å². The van der Waals surface area contributed by atoms with E-state index in [0.29, 0.717) is 0 Å². The number of nitrogens with zero attached hydrogens (tertiary/aromatic N) is 1. The highest BCUT2D eigenvalue weighted by molar-refractivity contribution is 5.22. The summed E-state index contributed by atoms with van der Waals surface area (Å²) >= 11 is 0. The van der Waals surface area contributed by atoms with Crippen LogP contribution in [-0.4, -0.2) is 35.7 Å². The number of benzene rings is 1. The topological polar surface area (TPSA) is 23.5 Å². The first-order chi connectivity index (χ1) is 10.8. The molecule has 0 radical (unpaired) electrons. The number of rotatable bonds is 10. The first kappa shape index (κ1) is 17.5. The summed E-state index contributed by atoms with van der Waals surface area (Å²) in [6.45, 7) is 5.26. The first-order valence-electron chi connectivity index (χ1n) is 9.26. The number of β-amino-alcohol motifs (C(OH)–C–C–N with tert-alkyl or cyclic N) is 1. The van der Waals surface area contributed by atoms with Crippen molar-refractivity contribution in [2.24, 2.45) is 0 Å². The zero-order valence-electron chi connectivity index (χ0n) is 14.3. The second-order valence-corrected chi connectivity index (χ2v) is 6.83. The van der Waals surface area contributed by atoms with Crippen LogP contribution in [0.5, 0.6) is 0 Å². The van der Waals surface area contributed by atoms with Crippen LogP contribution in [0.4, 0.5) is 0 Å². The predicted molar refractivity (Wildman–Crippen MR) is 94.3 cm³/mol. The van der Waals surface area contributed by atoms with Gasteiger partial charge in [0.15, 0.2) is 0 Å². The Kier molecular flexibility index (Phi) is 7.96. The Morgan fingerprint density at radius 3 is 2.23 bits per heavy atom. The van der Waals surface area contributed by atoms with Crippen molar-refractivity contribution in [1.82, 2.24) is 4.90 Å². The molecular weight excluding hydrogens is 270 g/mol. The van der Waals surface area contributed by atoms with Crippen LogP contribution in [0.15, 0.2) is 24.3 Å². The van der Waals surface area contributed by atoms with E-state index in [2.05, 4.69) is 36.1 Å². The van der Waals surface area contributed by atoms with E-state index in [4.69, 9.17) is 0 Å². The number of aliphatic hydroxyl groups is 1. The summed E-state index contributed by atoms with van der Waals surface area (Å²) in [5.74, 6) is 0. The molecule has 1 heterocycles. The molecule has 124 valence electrons. The molecule has 0 aromatic heterocycles. The zero-order chi connectivity index (χ0) is 15.6. The molecule has 1 N–H and O–H groups in total. The smallest absolute Gasteiger partial charge is 0.0679 e. The Morgan fingerprint density at radius 2 is 1.59 bits per heavy atom. The number of aryl methyl sites for hydroxylation is 1. The highest BCUT2D eigenvalue weighted by atomic mass is 16.3. The quantitative estimate of drug-likeness (QED) is 0.655. The summed E-state index contributed by atoms with van der Waals surface area (Å²) < 4.78 is 0. The number of hydrogen-bond donors (Lipinski definition) is 1.